The van der Waals surface area contributed by atoms with Crippen molar-refractivity contribution in [2.24, 2.45) is 0 Å². The summed E-state index contributed by atoms with van der Waals surface area (Å²) < 4.78 is 41.1. The Morgan fingerprint density at radius 2 is 1.96 bits per heavy atom. The number of nitrogens with one attached hydrogen (secondary N) is 2. The van der Waals surface area contributed by atoms with Crippen molar-refractivity contribution < 1.29 is 22.7 Å². The normalized spacial score (nSPS) is 15.2. The van der Waals surface area contributed by atoms with Crippen LogP contribution in [0.1, 0.15) is 29.8 Å². The molecule has 1 saturated carbocycles. The zero-order valence-electron chi connectivity index (χ0n) is 14.1. The molecular weight excluding hydrogens is 347 g/mol. The summed E-state index contributed by atoms with van der Waals surface area (Å²) in [6.45, 7) is 2.12. The minimum absolute atomic E-state index is 0.265. The van der Waals surface area contributed by atoms with Gasteiger partial charge in [0.1, 0.15) is 5.75 Å². The highest BCUT2D eigenvalue weighted by molar-refractivity contribution is 5.75. The summed E-state index contributed by atoms with van der Waals surface area (Å²) in [5, 5.41) is 5.57. The van der Waals surface area contributed by atoms with Gasteiger partial charge in [0, 0.05) is 5.69 Å². The molecule has 5 nitrogen and oxygen atoms in total. The third-order valence-corrected chi connectivity index (χ3v) is 4.10. The Balaban J connectivity index is 1.62. The molecule has 0 unspecified atom stereocenters. The fourth-order valence-corrected chi connectivity index (χ4v) is 2.73. The van der Waals surface area contributed by atoms with Crippen molar-refractivity contribution in [2.45, 2.75) is 38.2 Å². The molecule has 0 saturated heterocycles. The number of ether oxygens (including phenoxy) is 1. The van der Waals surface area contributed by atoms with Crippen LogP contribution in [0.2, 0.25) is 0 Å². The number of aryl methyl sites for hydroxylation is 1. The van der Waals surface area contributed by atoms with Crippen molar-refractivity contribution >= 4 is 6.03 Å². The maximum Gasteiger partial charge on any atom is 0.573 e. The molecule has 0 radical (unpaired) electrons. The molecule has 0 aliphatic heterocycles. The summed E-state index contributed by atoms with van der Waals surface area (Å²) >= 11 is 0. The Labute approximate surface area is 148 Å². The van der Waals surface area contributed by atoms with Gasteiger partial charge in [0.15, 0.2) is 0 Å². The van der Waals surface area contributed by atoms with E-state index in [4.69, 9.17) is 0 Å². The molecule has 2 N–H and O–H groups in total. The number of halogens is 3. The minimum atomic E-state index is -4.75. The van der Waals surface area contributed by atoms with Crippen LogP contribution in [-0.4, -0.2) is 17.4 Å². The van der Waals surface area contributed by atoms with Crippen molar-refractivity contribution in [3.8, 4) is 5.75 Å². The Kier molecular flexibility index (Phi) is 4.76. The molecule has 0 spiro atoms. The number of rotatable bonds is 5. The van der Waals surface area contributed by atoms with Gasteiger partial charge in [-0.3, -0.25) is 4.98 Å². The number of hydrogen-bond donors (Lipinski definition) is 2. The standard InChI is InChI=1S/C18H18F3N3O2/c1-12-4-2-6-14(23-12)11-22-16(25)24-17(8-9-17)13-5-3-7-15(10-13)26-18(19,20)21/h2-7,10H,8-9,11H2,1H3,(H2,22,24,25). The molecule has 2 amide bonds. The highest BCUT2D eigenvalue weighted by atomic mass is 19.4. The molecule has 0 bridgehead atoms. The number of urea groups is 1. The van der Waals surface area contributed by atoms with Crippen LogP contribution >= 0.6 is 0 Å². The summed E-state index contributed by atoms with van der Waals surface area (Å²) in [4.78, 5) is 16.5. The summed E-state index contributed by atoms with van der Waals surface area (Å²) in [6, 6.07) is 10.8. The maximum atomic E-state index is 12.4. The number of carbonyl (C=O) groups is 1. The second-order valence-corrected chi connectivity index (χ2v) is 6.24. The molecule has 1 aromatic heterocycles. The zero-order valence-corrected chi connectivity index (χ0v) is 14.1. The van der Waals surface area contributed by atoms with Gasteiger partial charge in [-0.25, -0.2) is 4.79 Å². The number of amides is 2. The molecule has 3 rings (SSSR count). The first-order valence-electron chi connectivity index (χ1n) is 8.11. The quantitative estimate of drug-likeness (QED) is 0.848. The predicted molar refractivity (Wildman–Crippen MR) is 88.4 cm³/mol. The van der Waals surface area contributed by atoms with Gasteiger partial charge in [0.25, 0.3) is 0 Å². The Bertz CT molecular complexity index is 804. The van der Waals surface area contributed by atoms with Crippen LogP contribution in [0.5, 0.6) is 5.75 Å². The lowest BCUT2D eigenvalue weighted by atomic mass is 10.0. The third kappa shape index (κ3) is 4.65. The van der Waals surface area contributed by atoms with Gasteiger partial charge >= 0.3 is 12.4 Å². The summed E-state index contributed by atoms with van der Waals surface area (Å²) in [6.07, 6.45) is -3.45. The van der Waals surface area contributed by atoms with Crippen molar-refractivity contribution in [3.63, 3.8) is 0 Å². The number of pyridine rings is 1. The molecule has 1 heterocycles. The van der Waals surface area contributed by atoms with Gasteiger partial charge in [-0.1, -0.05) is 18.2 Å². The highest BCUT2D eigenvalue weighted by Crippen LogP contribution is 2.46. The largest absolute Gasteiger partial charge is 0.573 e. The highest BCUT2D eigenvalue weighted by Gasteiger charge is 2.46. The number of benzene rings is 1. The lowest BCUT2D eigenvalue weighted by Crippen LogP contribution is -2.42. The van der Waals surface area contributed by atoms with Gasteiger partial charge in [-0.2, -0.15) is 0 Å². The number of alkyl halides is 3. The van der Waals surface area contributed by atoms with Crippen LogP contribution in [0.4, 0.5) is 18.0 Å². The first kappa shape index (κ1) is 18.0. The van der Waals surface area contributed by atoms with E-state index in [1.54, 1.807) is 12.1 Å². The number of aromatic nitrogens is 1. The van der Waals surface area contributed by atoms with Crippen molar-refractivity contribution in [1.82, 2.24) is 15.6 Å². The van der Waals surface area contributed by atoms with Gasteiger partial charge in [-0.15, -0.1) is 13.2 Å². The van der Waals surface area contributed by atoms with Gasteiger partial charge < -0.3 is 15.4 Å². The smallest absolute Gasteiger partial charge is 0.406 e. The van der Waals surface area contributed by atoms with Crippen LogP contribution in [-0.2, 0) is 12.1 Å². The predicted octanol–water partition coefficient (Wildman–Crippen LogP) is 3.78. The molecule has 26 heavy (non-hydrogen) atoms. The molecular formula is C18H18F3N3O2. The van der Waals surface area contributed by atoms with E-state index in [0.29, 0.717) is 18.4 Å². The monoisotopic (exact) mass is 365 g/mol. The van der Waals surface area contributed by atoms with Crippen molar-refractivity contribution in [1.29, 1.82) is 0 Å². The first-order chi connectivity index (χ1) is 12.3. The topological polar surface area (TPSA) is 63.2 Å². The Morgan fingerprint density at radius 3 is 2.62 bits per heavy atom. The average molecular weight is 365 g/mol. The fraction of sp³-hybridized carbons (Fsp3) is 0.333. The summed E-state index contributed by atoms with van der Waals surface area (Å²) in [5.74, 6) is -0.299. The Hall–Kier alpha value is -2.77. The van der Waals surface area contributed by atoms with Gasteiger partial charge in [0.05, 0.1) is 17.8 Å². The van der Waals surface area contributed by atoms with E-state index in [2.05, 4.69) is 20.4 Å². The summed E-state index contributed by atoms with van der Waals surface area (Å²) in [7, 11) is 0. The number of carbonyl (C=O) groups excluding carboxylic acids is 1. The molecule has 1 fully saturated rings. The molecule has 138 valence electrons. The summed E-state index contributed by atoms with van der Waals surface area (Å²) in [5.41, 5.74) is 1.51. The van der Waals surface area contributed by atoms with Gasteiger partial charge in [-0.05, 0) is 49.6 Å². The molecule has 1 aromatic carbocycles. The maximum absolute atomic E-state index is 12.4. The fourth-order valence-electron chi connectivity index (χ4n) is 2.73. The van der Waals surface area contributed by atoms with Crippen LogP contribution in [0, 0.1) is 6.92 Å². The van der Waals surface area contributed by atoms with Crippen LogP contribution in [0.25, 0.3) is 0 Å². The van der Waals surface area contributed by atoms with E-state index < -0.39 is 17.9 Å². The van der Waals surface area contributed by atoms with Crippen molar-refractivity contribution in [2.75, 3.05) is 0 Å². The Morgan fingerprint density at radius 1 is 1.23 bits per heavy atom. The van der Waals surface area contributed by atoms with Crippen LogP contribution in [0.15, 0.2) is 42.5 Å². The average Bonchev–Trinajstić information content (AvgIpc) is 3.32. The van der Waals surface area contributed by atoms with Gasteiger partial charge in [0.2, 0.25) is 0 Å². The van der Waals surface area contributed by atoms with E-state index >= 15 is 0 Å². The van der Waals surface area contributed by atoms with E-state index in [1.807, 2.05) is 19.1 Å². The van der Waals surface area contributed by atoms with Crippen molar-refractivity contribution in [3.05, 3.63) is 59.4 Å². The molecule has 1 aliphatic carbocycles. The third-order valence-electron chi connectivity index (χ3n) is 4.10. The number of nitrogens with zero attached hydrogens (tertiary/aromatic N) is 1. The van der Waals surface area contributed by atoms with Crippen LogP contribution in [0.3, 0.4) is 0 Å². The van der Waals surface area contributed by atoms with E-state index in [1.165, 1.54) is 18.2 Å². The zero-order chi connectivity index (χ0) is 18.8. The molecule has 0 atom stereocenters. The molecule has 8 heteroatoms. The van der Waals surface area contributed by atoms with E-state index in [-0.39, 0.29) is 12.3 Å². The lowest BCUT2D eigenvalue weighted by molar-refractivity contribution is -0.274. The second kappa shape index (κ2) is 6.86. The first-order valence-corrected chi connectivity index (χ1v) is 8.11. The number of hydrogen-bond acceptors (Lipinski definition) is 3. The van der Waals surface area contributed by atoms with E-state index in [9.17, 15) is 18.0 Å². The second-order valence-electron chi connectivity index (χ2n) is 6.24. The molecule has 1 aliphatic rings. The van der Waals surface area contributed by atoms with Crippen LogP contribution < -0.4 is 15.4 Å². The lowest BCUT2D eigenvalue weighted by Gasteiger charge is -2.19. The SMILES string of the molecule is Cc1cccc(CNC(=O)NC2(c3cccc(OC(F)(F)F)c3)CC2)n1. The minimum Gasteiger partial charge on any atom is -0.406 e. The molecule has 2 aromatic rings. The van der Waals surface area contributed by atoms with E-state index in [0.717, 1.165) is 11.4 Å².